The van der Waals surface area contributed by atoms with Crippen LogP contribution in [0.5, 0.6) is 5.75 Å². The van der Waals surface area contributed by atoms with Gasteiger partial charge < -0.3 is 25.8 Å². The highest BCUT2D eigenvalue weighted by Crippen LogP contribution is 2.30. The monoisotopic (exact) mass is 483 g/mol. The summed E-state index contributed by atoms with van der Waals surface area (Å²) < 4.78 is 20.0. The van der Waals surface area contributed by atoms with Crippen LogP contribution >= 0.6 is 11.6 Å². The number of rotatable bonds is 11. The molecule has 0 aliphatic carbocycles. The van der Waals surface area contributed by atoms with Gasteiger partial charge in [-0.15, -0.1) is 0 Å². The van der Waals surface area contributed by atoms with E-state index in [4.69, 9.17) is 16.3 Å². The van der Waals surface area contributed by atoms with Gasteiger partial charge in [-0.05, 0) is 49.8 Å². The molecule has 1 unspecified atom stereocenters. The first-order chi connectivity index (χ1) is 16.4. The summed E-state index contributed by atoms with van der Waals surface area (Å²) >= 11 is 6.17. The predicted molar refractivity (Wildman–Crippen MR) is 136 cm³/mol. The summed E-state index contributed by atoms with van der Waals surface area (Å²) in [6.45, 7) is 7.42. The van der Waals surface area contributed by atoms with Gasteiger partial charge in [-0.25, -0.2) is 9.37 Å². The number of halogens is 2. The molecule has 9 heteroatoms. The number of nitrogens with zero attached hydrogens (tertiary/aromatic N) is 2. The highest BCUT2D eigenvalue weighted by molar-refractivity contribution is 6.32. The first kappa shape index (κ1) is 25.0. The molecule has 178 valence electrons. The highest BCUT2D eigenvalue weighted by atomic mass is 35.5. The molecule has 4 N–H and O–H groups in total. The van der Waals surface area contributed by atoms with E-state index in [1.807, 2.05) is 37.3 Å². The molecule has 1 heterocycles. The van der Waals surface area contributed by atoms with Crippen LogP contribution in [0, 0.1) is 5.82 Å². The number of anilines is 5. The number of allylic oxidation sites excluding steroid dienone is 2. The normalized spacial score (nSPS) is 12.1. The minimum absolute atomic E-state index is 0.0158. The van der Waals surface area contributed by atoms with Gasteiger partial charge in [-0.3, -0.25) is 0 Å². The second kappa shape index (κ2) is 12.0. The fraction of sp³-hybridized carbons (Fsp3) is 0.200. The number of aliphatic hydroxyl groups excluding tert-OH is 1. The zero-order valence-electron chi connectivity index (χ0n) is 19.0. The number of aliphatic hydroxyl groups is 1. The van der Waals surface area contributed by atoms with Gasteiger partial charge in [0.25, 0.3) is 0 Å². The Balaban J connectivity index is 1.77. The fourth-order valence-electron chi connectivity index (χ4n) is 2.95. The van der Waals surface area contributed by atoms with Crippen molar-refractivity contribution >= 4 is 40.4 Å². The Bertz CT molecular complexity index is 1170. The van der Waals surface area contributed by atoms with Crippen molar-refractivity contribution in [1.29, 1.82) is 0 Å². The lowest BCUT2D eigenvalue weighted by Crippen LogP contribution is -2.16. The van der Waals surface area contributed by atoms with Gasteiger partial charge >= 0.3 is 0 Å². The van der Waals surface area contributed by atoms with E-state index in [2.05, 4.69) is 32.5 Å². The average Bonchev–Trinajstić information content (AvgIpc) is 2.83. The summed E-state index contributed by atoms with van der Waals surface area (Å²) in [5.41, 5.74) is 2.95. The standard InChI is InChI=1S/C25H27ClFN5O2/c1-4-7-17(5-2)29-18-8-6-9-19(12-18)30-24-22(27)14-28-25(32-24)31-20-10-11-21(26)23(13-20)34-16(3)15-33/h5-14,16,29,33H,2,4,15H2,1,3H3,(H2,28,30,31,32)/b17-7-. The second-order valence-electron chi connectivity index (χ2n) is 7.37. The molecule has 0 saturated carbocycles. The summed E-state index contributed by atoms with van der Waals surface area (Å²) in [5, 5.41) is 18.9. The van der Waals surface area contributed by atoms with Crippen LogP contribution in [0.15, 0.2) is 73.1 Å². The Kier molecular flexibility index (Phi) is 8.84. The largest absolute Gasteiger partial charge is 0.487 e. The second-order valence-corrected chi connectivity index (χ2v) is 7.78. The lowest BCUT2D eigenvalue weighted by Gasteiger charge is -2.15. The Morgan fingerprint density at radius 2 is 1.97 bits per heavy atom. The van der Waals surface area contributed by atoms with Crippen molar-refractivity contribution < 1.29 is 14.2 Å². The van der Waals surface area contributed by atoms with E-state index in [0.29, 0.717) is 22.1 Å². The van der Waals surface area contributed by atoms with Crippen molar-refractivity contribution in [3.63, 3.8) is 0 Å². The van der Waals surface area contributed by atoms with Gasteiger partial charge in [0.15, 0.2) is 11.6 Å². The third-order valence-electron chi connectivity index (χ3n) is 4.57. The van der Waals surface area contributed by atoms with Gasteiger partial charge in [0.1, 0.15) is 11.9 Å². The van der Waals surface area contributed by atoms with Gasteiger partial charge in [-0.2, -0.15) is 4.98 Å². The average molecular weight is 484 g/mol. The quantitative estimate of drug-likeness (QED) is 0.234. The first-order valence-corrected chi connectivity index (χ1v) is 11.1. The number of hydrogen-bond donors (Lipinski definition) is 4. The fourth-order valence-corrected chi connectivity index (χ4v) is 3.12. The third-order valence-corrected chi connectivity index (χ3v) is 4.89. The minimum atomic E-state index is -0.599. The van der Waals surface area contributed by atoms with Gasteiger partial charge in [0, 0.05) is 28.8 Å². The molecule has 2 aromatic carbocycles. The topological polar surface area (TPSA) is 91.3 Å². The molecule has 0 aliphatic rings. The van der Waals surface area contributed by atoms with Crippen molar-refractivity contribution in [3.8, 4) is 5.75 Å². The molecule has 3 rings (SSSR count). The first-order valence-electron chi connectivity index (χ1n) is 10.7. The molecular weight excluding hydrogens is 457 g/mol. The zero-order chi connectivity index (χ0) is 24.5. The third kappa shape index (κ3) is 6.94. The lowest BCUT2D eigenvalue weighted by molar-refractivity contribution is 0.130. The van der Waals surface area contributed by atoms with E-state index >= 15 is 0 Å². The number of hydrogen-bond acceptors (Lipinski definition) is 7. The summed E-state index contributed by atoms with van der Waals surface area (Å²) in [6, 6.07) is 12.4. The lowest BCUT2D eigenvalue weighted by atomic mass is 10.2. The number of nitrogens with one attached hydrogen (secondary N) is 3. The maximum Gasteiger partial charge on any atom is 0.229 e. The van der Waals surface area contributed by atoms with Crippen molar-refractivity contribution in [2.75, 3.05) is 22.6 Å². The van der Waals surface area contributed by atoms with E-state index < -0.39 is 11.9 Å². The van der Waals surface area contributed by atoms with Gasteiger partial charge in [0.2, 0.25) is 5.95 Å². The summed E-state index contributed by atoms with van der Waals surface area (Å²) in [6.07, 6.45) is 5.29. The van der Waals surface area contributed by atoms with E-state index in [-0.39, 0.29) is 18.4 Å². The van der Waals surface area contributed by atoms with Crippen LogP contribution < -0.4 is 20.7 Å². The molecule has 0 spiro atoms. The van der Waals surface area contributed by atoms with Gasteiger partial charge in [0.05, 0.1) is 17.8 Å². The summed E-state index contributed by atoms with van der Waals surface area (Å²) in [7, 11) is 0. The van der Waals surface area contributed by atoms with Crippen LogP contribution in [-0.4, -0.2) is 27.8 Å². The molecule has 0 fully saturated rings. The maximum absolute atomic E-state index is 14.4. The number of aromatic nitrogens is 2. The smallest absolute Gasteiger partial charge is 0.229 e. The molecule has 34 heavy (non-hydrogen) atoms. The van der Waals surface area contributed by atoms with E-state index in [9.17, 15) is 9.50 Å². The maximum atomic E-state index is 14.4. The molecule has 0 aliphatic heterocycles. The Morgan fingerprint density at radius 3 is 2.71 bits per heavy atom. The molecule has 1 aromatic heterocycles. The summed E-state index contributed by atoms with van der Waals surface area (Å²) in [4.78, 5) is 8.27. The van der Waals surface area contributed by atoms with Gasteiger partial charge in [-0.1, -0.05) is 37.2 Å². The molecule has 0 bridgehead atoms. The van der Waals surface area contributed by atoms with Crippen molar-refractivity contribution in [3.05, 3.63) is 83.9 Å². The molecule has 0 saturated heterocycles. The van der Waals surface area contributed by atoms with Crippen LogP contribution in [-0.2, 0) is 0 Å². The molecule has 1 atom stereocenters. The van der Waals surface area contributed by atoms with E-state index in [0.717, 1.165) is 24.0 Å². The summed E-state index contributed by atoms with van der Waals surface area (Å²) in [5.74, 6) is -0.00371. The highest BCUT2D eigenvalue weighted by Gasteiger charge is 2.11. The number of ether oxygens (including phenoxy) is 1. The molecular formula is C25H27ClFN5O2. The number of benzene rings is 2. The van der Waals surface area contributed by atoms with E-state index in [1.165, 1.54) is 0 Å². The Hall–Kier alpha value is -3.62. The Labute approximate surface area is 203 Å². The van der Waals surface area contributed by atoms with Crippen LogP contribution in [0.4, 0.5) is 33.2 Å². The van der Waals surface area contributed by atoms with Crippen LogP contribution in [0.2, 0.25) is 5.02 Å². The van der Waals surface area contributed by atoms with Crippen LogP contribution in [0.1, 0.15) is 20.3 Å². The SMILES string of the molecule is C=C/C(=C/CC)Nc1cccc(Nc2nc(Nc3ccc(Cl)c(OC(C)CO)c3)ncc2F)c1. The molecule has 7 nitrogen and oxygen atoms in total. The van der Waals surface area contributed by atoms with Crippen LogP contribution in [0.3, 0.4) is 0 Å². The van der Waals surface area contributed by atoms with E-state index in [1.54, 1.807) is 31.2 Å². The van der Waals surface area contributed by atoms with Crippen molar-refractivity contribution in [2.45, 2.75) is 26.4 Å². The molecule has 0 amide bonds. The van der Waals surface area contributed by atoms with Crippen LogP contribution in [0.25, 0.3) is 0 Å². The van der Waals surface area contributed by atoms with Crippen molar-refractivity contribution in [2.24, 2.45) is 0 Å². The zero-order valence-corrected chi connectivity index (χ0v) is 19.7. The minimum Gasteiger partial charge on any atom is -0.487 e. The van der Waals surface area contributed by atoms with Crippen molar-refractivity contribution in [1.82, 2.24) is 9.97 Å². The Morgan fingerprint density at radius 1 is 1.21 bits per heavy atom. The molecule has 0 radical (unpaired) electrons. The molecule has 3 aromatic rings. The predicted octanol–water partition coefficient (Wildman–Crippen LogP) is 6.41.